The highest BCUT2D eigenvalue weighted by molar-refractivity contribution is 7.89. The van der Waals surface area contributed by atoms with E-state index in [-0.39, 0.29) is 42.6 Å². The second-order valence-corrected chi connectivity index (χ2v) is 6.21. The number of aromatic carboxylic acids is 1. The number of rotatable bonds is 3. The Labute approximate surface area is 115 Å². The number of amides is 1. The molecule has 3 N–H and O–H groups in total. The Morgan fingerprint density at radius 3 is 2.75 bits per heavy atom. The molecule has 9 nitrogen and oxygen atoms in total. The highest BCUT2D eigenvalue weighted by Crippen LogP contribution is 2.22. The number of aryl methyl sites for hydroxylation is 1. The number of aromatic nitrogens is 2. The molecule has 1 fully saturated rings. The summed E-state index contributed by atoms with van der Waals surface area (Å²) >= 11 is 0. The van der Waals surface area contributed by atoms with E-state index < -0.39 is 21.7 Å². The maximum atomic E-state index is 12.5. The molecule has 2 rings (SSSR count). The summed E-state index contributed by atoms with van der Waals surface area (Å²) in [6.45, 7) is 1.74. The van der Waals surface area contributed by atoms with E-state index in [4.69, 9.17) is 5.11 Å². The molecule has 1 aliphatic rings. The Kier molecular flexibility index (Phi) is 3.77. The van der Waals surface area contributed by atoms with Crippen molar-refractivity contribution in [1.82, 2.24) is 19.8 Å². The van der Waals surface area contributed by atoms with Crippen LogP contribution in [0.3, 0.4) is 0 Å². The highest BCUT2D eigenvalue weighted by atomic mass is 32.2. The summed E-state index contributed by atoms with van der Waals surface area (Å²) in [4.78, 5) is 21.9. The average molecular weight is 302 g/mol. The molecule has 0 spiro atoms. The summed E-state index contributed by atoms with van der Waals surface area (Å²) in [6.07, 6.45) is 0.0402. The van der Waals surface area contributed by atoms with E-state index in [9.17, 15) is 18.0 Å². The molecule has 0 unspecified atom stereocenters. The quantitative estimate of drug-likeness (QED) is 0.651. The Morgan fingerprint density at radius 2 is 2.10 bits per heavy atom. The van der Waals surface area contributed by atoms with Gasteiger partial charge in [0.15, 0.2) is 5.69 Å². The van der Waals surface area contributed by atoms with Gasteiger partial charge in [-0.2, -0.15) is 9.40 Å². The maximum absolute atomic E-state index is 12.5. The Balaban J connectivity index is 2.42. The molecule has 10 heteroatoms. The van der Waals surface area contributed by atoms with Crippen molar-refractivity contribution in [2.24, 2.45) is 0 Å². The molecule has 0 saturated carbocycles. The van der Waals surface area contributed by atoms with Gasteiger partial charge in [0.05, 0.1) is 5.69 Å². The summed E-state index contributed by atoms with van der Waals surface area (Å²) in [5.74, 6) is -1.65. The number of hydrogen-bond donors (Lipinski definition) is 3. The lowest BCUT2D eigenvalue weighted by Gasteiger charge is -2.19. The van der Waals surface area contributed by atoms with Crippen LogP contribution in [0.25, 0.3) is 0 Å². The van der Waals surface area contributed by atoms with Gasteiger partial charge in [0.2, 0.25) is 15.9 Å². The average Bonchev–Trinajstić information content (AvgIpc) is 2.62. The number of aromatic amines is 1. The standard InChI is InChI=1S/C10H14N4O5S/c1-6-9(8(10(16)17)13-12-6)20(18,19)14-4-2-7(15)11-3-5-14/h2-5H2,1H3,(H,11,15)(H,12,13)(H,16,17). The number of nitrogens with zero attached hydrogens (tertiary/aromatic N) is 2. The number of carboxylic acids is 1. The summed E-state index contributed by atoms with van der Waals surface area (Å²) in [6, 6.07) is 0. The SMILES string of the molecule is Cc1[nH]nc(C(=O)O)c1S(=O)(=O)N1CCNC(=O)CC1. The predicted octanol–water partition coefficient (Wildman–Crippen LogP) is -1.07. The molecule has 1 saturated heterocycles. The zero-order valence-corrected chi connectivity index (χ0v) is 11.5. The van der Waals surface area contributed by atoms with Crippen molar-refractivity contribution in [3.63, 3.8) is 0 Å². The summed E-state index contributed by atoms with van der Waals surface area (Å²) in [5, 5.41) is 17.4. The molecule has 1 amide bonds. The second kappa shape index (κ2) is 5.21. The lowest BCUT2D eigenvalue weighted by atomic mass is 10.4. The molecule has 1 aromatic heterocycles. The van der Waals surface area contributed by atoms with Crippen LogP contribution in [0.5, 0.6) is 0 Å². The van der Waals surface area contributed by atoms with E-state index in [0.717, 1.165) is 4.31 Å². The number of nitrogens with one attached hydrogen (secondary N) is 2. The van der Waals surface area contributed by atoms with Crippen LogP contribution in [-0.2, 0) is 14.8 Å². The minimum atomic E-state index is -4.01. The predicted molar refractivity (Wildman–Crippen MR) is 66.7 cm³/mol. The van der Waals surface area contributed by atoms with Gasteiger partial charge in [0, 0.05) is 26.1 Å². The van der Waals surface area contributed by atoms with Crippen LogP contribution in [0.1, 0.15) is 22.6 Å². The molecule has 0 aromatic carbocycles. The lowest BCUT2D eigenvalue weighted by molar-refractivity contribution is -0.120. The largest absolute Gasteiger partial charge is 0.476 e. The van der Waals surface area contributed by atoms with Gasteiger partial charge in [-0.25, -0.2) is 13.2 Å². The fraction of sp³-hybridized carbons (Fsp3) is 0.500. The minimum absolute atomic E-state index is 0.0118. The van der Waals surface area contributed by atoms with Crippen LogP contribution in [0.15, 0.2) is 4.90 Å². The van der Waals surface area contributed by atoms with Gasteiger partial charge in [-0.05, 0) is 6.92 Å². The normalized spacial score (nSPS) is 17.6. The number of carbonyl (C=O) groups is 2. The van der Waals surface area contributed by atoms with Crippen LogP contribution in [0.2, 0.25) is 0 Å². The van der Waals surface area contributed by atoms with Gasteiger partial charge >= 0.3 is 5.97 Å². The number of carboxylic acid groups (broad SMARTS) is 1. The molecular weight excluding hydrogens is 288 g/mol. The Bertz CT molecular complexity index is 651. The van der Waals surface area contributed by atoms with Crippen molar-refractivity contribution in [3.05, 3.63) is 11.4 Å². The molecule has 1 aromatic rings. The summed E-state index contributed by atoms with van der Waals surface area (Å²) in [5.41, 5.74) is -0.378. The van der Waals surface area contributed by atoms with Crippen LogP contribution in [-0.4, -0.2) is 59.5 Å². The zero-order valence-electron chi connectivity index (χ0n) is 10.7. The summed E-state index contributed by atoms with van der Waals surface area (Å²) < 4.78 is 26.1. The molecule has 0 atom stereocenters. The van der Waals surface area contributed by atoms with Gasteiger partial charge in [-0.1, -0.05) is 0 Å². The minimum Gasteiger partial charge on any atom is -0.476 e. The molecule has 1 aliphatic heterocycles. The van der Waals surface area contributed by atoms with E-state index in [1.165, 1.54) is 6.92 Å². The number of sulfonamides is 1. The van der Waals surface area contributed by atoms with Crippen molar-refractivity contribution in [2.45, 2.75) is 18.2 Å². The van der Waals surface area contributed by atoms with Crippen molar-refractivity contribution in [1.29, 1.82) is 0 Å². The fourth-order valence-corrected chi connectivity index (χ4v) is 3.73. The van der Waals surface area contributed by atoms with Crippen LogP contribution >= 0.6 is 0 Å². The van der Waals surface area contributed by atoms with E-state index in [1.807, 2.05) is 0 Å². The molecule has 20 heavy (non-hydrogen) atoms. The molecule has 0 aliphatic carbocycles. The van der Waals surface area contributed by atoms with Gasteiger partial charge in [0.25, 0.3) is 0 Å². The summed E-state index contributed by atoms with van der Waals surface area (Å²) in [7, 11) is -4.01. The van der Waals surface area contributed by atoms with Gasteiger partial charge in [-0.3, -0.25) is 9.89 Å². The molecular formula is C10H14N4O5S. The molecule has 110 valence electrons. The molecule has 0 bridgehead atoms. The van der Waals surface area contributed by atoms with Crippen molar-refractivity contribution in [3.8, 4) is 0 Å². The first-order valence-corrected chi connectivity index (χ1v) is 7.33. The number of hydrogen-bond acceptors (Lipinski definition) is 5. The number of H-pyrrole nitrogens is 1. The van der Waals surface area contributed by atoms with Gasteiger partial charge < -0.3 is 10.4 Å². The third-order valence-corrected chi connectivity index (χ3v) is 5.02. The van der Waals surface area contributed by atoms with Crippen molar-refractivity contribution < 1.29 is 23.1 Å². The monoisotopic (exact) mass is 302 g/mol. The van der Waals surface area contributed by atoms with E-state index >= 15 is 0 Å². The first-order chi connectivity index (χ1) is 9.34. The third kappa shape index (κ3) is 2.51. The van der Waals surface area contributed by atoms with Crippen LogP contribution in [0, 0.1) is 6.92 Å². The van der Waals surface area contributed by atoms with Crippen molar-refractivity contribution >= 4 is 21.9 Å². The van der Waals surface area contributed by atoms with Gasteiger partial charge in [-0.15, -0.1) is 0 Å². The van der Waals surface area contributed by atoms with Crippen LogP contribution < -0.4 is 5.32 Å². The fourth-order valence-electron chi connectivity index (χ4n) is 2.00. The first kappa shape index (κ1) is 14.5. The Hall–Kier alpha value is -1.94. The highest BCUT2D eigenvalue weighted by Gasteiger charge is 2.34. The first-order valence-electron chi connectivity index (χ1n) is 5.89. The Morgan fingerprint density at radius 1 is 1.40 bits per heavy atom. The van der Waals surface area contributed by atoms with E-state index in [2.05, 4.69) is 15.5 Å². The molecule has 0 radical (unpaired) electrons. The topological polar surface area (TPSA) is 132 Å². The molecule has 2 heterocycles. The van der Waals surface area contributed by atoms with Gasteiger partial charge in [0.1, 0.15) is 4.90 Å². The zero-order chi connectivity index (χ0) is 14.9. The smallest absolute Gasteiger partial charge is 0.357 e. The maximum Gasteiger partial charge on any atom is 0.357 e. The second-order valence-electron chi connectivity index (χ2n) is 4.34. The van der Waals surface area contributed by atoms with Crippen molar-refractivity contribution in [2.75, 3.05) is 19.6 Å². The van der Waals surface area contributed by atoms with E-state index in [1.54, 1.807) is 0 Å². The van der Waals surface area contributed by atoms with E-state index in [0.29, 0.717) is 0 Å². The lowest BCUT2D eigenvalue weighted by Crippen LogP contribution is -2.35. The number of carbonyl (C=O) groups excluding carboxylic acids is 1. The van der Waals surface area contributed by atoms with Crippen LogP contribution in [0.4, 0.5) is 0 Å². The third-order valence-electron chi connectivity index (χ3n) is 2.96.